The molecule has 17 rings (SSSR count). The molecule has 16 aromatic rings. The summed E-state index contributed by atoms with van der Waals surface area (Å²) in [6, 6.07) is 87.1. The number of nitriles is 1. The van der Waals surface area contributed by atoms with Crippen molar-refractivity contribution in [1.82, 2.24) is 27.6 Å². The van der Waals surface area contributed by atoms with E-state index in [1.807, 2.05) is 172 Å². The number of hydrogen-bond donors (Lipinski definition) is 5. The molecule has 0 radical (unpaired) electrons. The molecule has 724 valence electrons. The summed E-state index contributed by atoms with van der Waals surface area (Å²) >= 11 is 0. The summed E-state index contributed by atoms with van der Waals surface area (Å²) in [5.41, 5.74) is 20.6. The first-order valence-corrected chi connectivity index (χ1v) is 54.4. The van der Waals surface area contributed by atoms with Crippen LogP contribution in [0.2, 0.25) is 0 Å². The number of ether oxygens (including phenoxy) is 5. The molecule has 1 aliphatic carbocycles. The number of rotatable bonds is 31. The molecular weight excluding hydrogens is 1840 g/mol. The van der Waals surface area contributed by atoms with Crippen LogP contribution in [-0.4, -0.2) is 131 Å². The van der Waals surface area contributed by atoms with Crippen molar-refractivity contribution in [2.75, 3.05) is 84.5 Å². The van der Waals surface area contributed by atoms with E-state index in [4.69, 9.17) is 23.7 Å². The molecule has 0 saturated heterocycles. The van der Waals surface area contributed by atoms with Crippen LogP contribution in [0.5, 0.6) is 28.7 Å². The first-order valence-electron chi connectivity index (χ1n) is 45.9. The zero-order valence-corrected chi connectivity index (χ0v) is 84.9. The highest BCUT2D eigenvalue weighted by molar-refractivity contribution is 7.93. The van der Waals surface area contributed by atoms with Gasteiger partial charge in [0.05, 0.1) is 96.8 Å². The number of aromatic nitrogens is 5. The van der Waals surface area contributed by atoms with Crippen LogP contribution in [0.15, 0.2) is 266 Å². The van der Waals surface area contributed by atoms with E-state index in [0.717, 1.165) is 159 Å². The number of nitrogens with zero attached hydrogens (tertiary/aromatic N) is 6. The molecule has 5 heterocycles. The van der Waals surface area contributed by atoms with Crippen LogP contribution in [0.3, 0.4) is 0 Å². The molecule has 1 saturated carbocycles. The lowest BCUT2D eigenvalue weighted by Gasteiger charge is -2.30. The Morgan fingerprint density at radius 2 is 0.775 bits per heavy atom. The number of hydrogen-bond acceptors (Lipinski definition) is 16. The molecule has 0 amide bonds. The smallest absolute Gasteiger partial charge is 0.240 e. The lowest BCUT2D eigenvalue weighted by molar-refractivity contribution is 0.323. The molecule has 1 fully saturated rings. The van der Waals surface area contributed by atoms with Gasteiger partial charge in [0.15, 0.2) is 0 Å². The van der Waals surface area contributed by atoms with Gasteiger partial charge in [0.2, 0.25) is 50.1 Å². The van der Waals surface area contributed by atoms with Crippen molar-refractivity contribution in [3.05, 3.63) is 266 Å². The van der Waals surface area contributed by atoms with E-state index in [0.29, 0.717) is 60.0 Å². The summed E-state index contributed by atoms with van der Waals surface area (Å²) in [6.07, 6.45) is 5.93. The number of nitrogens with one attached hydrogen (secondary N) is 5. The quantitative estimate of drug-likeness (QED) is 0.0270. The van der Waals surface area contributed by atoms with Gasteiger partial charge in [-0.05, 0) is 291 Å². The van der Waals surface area contributed by atoms with Crippen molar-refractivity contribution >= 4 is 127 Å². The van der Waals surface area contributed by atoms with E-state index in [1.165, 1.54) is 37.2 Å². The molecule has 11 aromatic carbocycles. The number of sulfonamides is 5. The van der Waals surface area contributed by atoms with Crippen LogP contribution < -0.4 is 47.3 Å². The van der Waals surface area contributed by atoms with Gasteiger partial charge in [-0.15, -0.1) is 0 Å². The van der Waals surface area contributed by atoms with E-state index in [9.17, 15) is 47.4 Å². The SMILES string of the molecule is CCOc1ccc2cc(-c3ccc(NS(=O)(=O)CC)cc3)n(CC(C)C)c2c1.CCOc1ccc2cc(-c3ccc(NS(C)(=O)=O)cc3)n(C3CCC3)c2c1.CCS(=O)(=O)Nc1ccc(-c2cc3ccc(OC)cc3n2C(C)C)cc1.CCn1c(-c2ccc(S(=O)(=O)NC)cc2)c(C#N)c2cc(-c3cccc(OC)c3)ccc21.COc1ccc2cc(-c3ccc(NS(C)(=O)=O)cc3)n(C(C)C)c2c1. The van der Waals surface area contributed by atoms with E-state index in [1.54, 1.807) is 83.7 Å². The summed E-state index contributed by atoms with van der Waals surface area (Å²) in [4.78, 5) is 0.182. The monoisotopic (exact) mass is 1960 g/mol. The van der Waals surface area contributed by atoms with Gasteiger partial charge in [-0.25, -0.2) is 46.8 Å². The van der Waals surface area contributed by atoms with Crippen LogP contribution >= 0.6 is 0 Å². The largest absolute Gasteiger partial charge is 0.497 e. The molecule has 0 bridgehead atoms. The van der Waals surface area contributed by atoms with Gasteiger partial charge in [-0.2, -0.15) is 5.26 Å². The Kier molecular flexibility index (Phi) is 32.4. The van der Waals surface area contributed by atoms with E-state index < -0.39 is 50.1 Å². The Bertz CT molecular complexity index is 7690. The lowest BCUT2D eigenvalue weighted by Crippen LogP contribution is -2.18. The molecule has 138 heavy (non-hydrogen) atoms. The number of anilines is 4. The van der Waals surface area contributed by atoms with Crippen molar-refractivity contribution in [2.24, 2.45) is 5.92 Å². The van der Waals surface area contributed by atoms with Crippen LogP contribution in [0.4, 0.5) is 22.7 Å². The predicted molar refractivity (Wildman–Crippen MR) is 563 cm³/mol. The molecule has 26 nitrogen and oxygen atoms in total. The Labute approximate surface area is 810 Å². The standard InChI is InChI=1S/C25H23N3O3S.C22H28N2O3S.C21H24N2O3S.C20H24N2O3S.C19H22N2O3S/c1-4-28-24-13-10-19(18-6-5-7-20(14-18)31-3)15-22(24)23(16-26)25(28)17-8-11-21(12-9-17)32(29,30)27-2;1-5-27-20-12-9-18-13-21(24(15-16(3)4)22(18)14-20)17-7-10-19(11-8-17)23-28(25,26)6-2;1-3-26-19-12-9-16-13-20(23(21(16)14-19)18-5-4-6-18)15-7-10-17(11-8-15)22-27(2,24)25;1-5-26(23,24)21-17-9-6-15(7-10-17)19-12-16-8-11-18(25-4)13-20(16)22(19)14(2)3;1-13(2)21-18(11-15-7-10-17(24-3)12-19(15)21)14-5-8-16(9-6-14)20-25(4,22)23/h5-15,27H,4H2,1-3H3;7-14,16,23H,5-6,15H2,1-4H3;7-14,18,22H,3-6H2,1-2H3;6-14,21H,5H2,1-4H3;5-13,20H,1-4H3. The molecular formula is C107H121N11O15S5. The molecule has 5 N–H and O–H groups in total. The highest BCUT2D eigenvalue weighted by atomic mass is 32.2. The Morgan fingerprint density at radius 3 is 1.18 bits per heavy atom. The minimum absolute atomic E-state index is 0.0537. The highest BCUT2D eigenvalue weighted by Gasteiger charge is 2.27. The second kappa shape index (κ2) is 43.9. The summed E-state index contributed by atoms with van der Waals surface area (Å²) in [5, 5.41) is 15.6. The number of aryl methyl sites for hydroxylation is 1. The normalized spacial score (nSPS) is 12.4. The fourth-order valence-electron chi connectivity index (χ4n) is 17.0. The van der Waals surface area contributed by atoms with Gasteiger partial charge in [-0.1, -0.05) is 92.7 Å². The van der Waals surface area contributed by atoms with Gasteiger partial charge in [0.25, 0.3) is 0 Å². The van der Waals surface area contributed by atoms with E-state index in [-0.39, 0.29) is 28.5 Å². The van der Waals surface area contributed by atoms with Crippen molar-refractivity contribution < 1.29 is 65.8 Å². The molecule has 0 unspecified atom stereocenters. The highest BCUT2D eigenvalue weighted by Crippen LogP contribution is 2.44. The predicted octanol–water partition coefficient (Wildman–Crippen LogP) is 23.6. The zero-order valence-electron chi connectivity index (χ0n) is 80.8. The summed E-state index contributed by atoms with van der Waals surface area (Å²) in [5.74, 6) is 4.78. The first-order chi connectivity index (χ1) is 65.8. The van der Waals surface area contributed by atoms with Crippen molar-refractivity contribution in [3.8, 4) is 102 Å². The molecule has 0 spiro atoms. The maximum Gasteiger partial charge on any atom is 0.240 e. The van der Waals surface area contributed by atoms with Crippen LogP contribution in [0, 0.1) is 17.2 Å². The third-order valence-corrected chi connectivity index (χ3v) is 28.9. The molecule has 1 aliphatic rings. The maximum atomic E-state index is 12.1. The zero-order chi connectivity index (χ0) is 99.3. The van der Waals surface area contributed by atoms with Crippen molar-refractivity contribution in [1.29, 1.82) is 5.26 Å². The van der Waals surface area contributed by atoms with Crippen molar-refractivity contribution in [3.63, 3.8) is 0 Å². The second-order valence-electron chi connectivity index (χ2n) is 34.5. The first kappa shape index (κ1) is 102. The third kappa shape index (κ3) is 24.4. The number of methoxy groups -OCH3 is 3. The van der Waals surface area contributed by atoms with E-state index in [2.05, 4.69) is 155 Å². The van der Waals surface area contributed by atoms with Crippen LogP contribution in [-0.2, 0) is 63.2 Å². The fourth-order valence-corrected chi connectivity index (χ4v) is 20.1. The minimum Gasteiger partial charge on any atom is -0.497 e. The summed E-state index contributed by atoms with van der Waals surface area (Å²) < 4.78 is 168. The Hall–Kier alpha value is -13.5. The van der Waals surface area contributed by atoms with Gasteiger partial charge >= 0.3 is 0 Å². The summed E-state index contributed by atoms with van der Waals surface area (Å²) in [7, 11) is -10.3. The van der Waals surface area contributed by atoms with Gasteiger partial charge in [0.1, 0.15) is 34.8 Å². The second-order valence-corrected chi connectivity index (χ2v) is 43.9. The van der Waals surface area contributed by atoms with Gasteiger partial charge < -0.3 is 46.5 Å². The van der Waals surface area contributed by atoms with Crippen LogP contribution in [0.25, 0.3) is 122 Å². The average molecular weight is 1960 g/mol. The fraction of sp³-hybridized carbons (Fsp3) is 0.280. The van der Waals surface area contributed by atoms with Gasteiger partial charge in [-0.3, -0.25) is 18.9 Å². The Morgan fingerprint density at radius 1 is 0.391 bits per heavy atom. The van der Waals surface area contributed by atoms with Crippen LogP contribution in [0.1, 0.15) is 119 Å². The maximum absolute atomic E-state index is 12.1. The molecule has 5 aromatic heterocycles. The average Bonchev–Trinajstić information content (AvgIpc) is 1.64. The number of fused-ring (bicyclic) bond motifs is 5. The third-order valence-electron chi connectivity index (χ3n) is 23.7. The van der Waals surface area contributed by atoms with E-state index >= 15 is 0 Å². The molecule has 0 atom stereocenters. The minimum atomic E-state index is -3.53. The number of benzene rings is 11. The molecule has 0 aliphatic heterocycles. The Balaban J connectivity index is 0.000000146. The van der Waals surface area contributed by atoms with Gasteiger partial charge in [0, 0.05) is 133 Å². The topological polar surface area (TPSA) is 325 Å². The lowest BCUT2D eigenvalue weighted by atomic mass is 9.92. The summed E-state index contributed by atoms with van der Waals surface area (Å²) in [6.45, 7) is 25.1. The molecule has 31 heteroatoms. The van der Waals surface area contributed by atoms with Crippen molar-refractivity contribution in [2.45, 2.75) is 132 Å².